The maximum atomic E-state index is 13.5. The fourth-order valence-corrected chi connectivity index (χ4v) is 4.20. The third kappa shape index (κ3) is 3.50. The maximum Gasteiger partial charge on any atom is 0.278 e. The van der Waals surface area contributed by atoms with Crippen LogP contribution in [0.4, 0.5) is 5.13 Å². The third-order valence-electron chi connectivity index (χ3n) is 4.26. The number of pyridine rings is 1. The van der Waals surface area contributed by atoms with Crippen LogP contribution in [0.1, 0.15) is 36.1 Å². The number of carbonyl (C=O) groups excluding carboxylic acids is 1. The summed E-state index contributed by atoms with van der Waals surface area (Å²) in [6, 6.07) is 13.1. The highest BCUT2D eigenvalue weighted by atomic mass is 35.5. The van der Waals surface area contributed by atoms with Crippen molar-refractivity contribution in [1.82, 2.24) is 19.7 Å². The zero-order chi connectivity index (χ0) is 19.7. The van der Waals surface area contributed by atoms with Crippen molar-refractivity contribution in [3.63, 3.8) is 0 Å². The van der Waals surface area contributed by atoms with Crippen molar-refractivity contribution < 1.29 is 4.79 Å². The van der Waals surface area contributed by atoms with E-state index in [0.29, 0.717) is 27.9 Å². The van der Waals surface area contributed by atoms with E-state index in [-0.39, 0.29) is 11.9 Å². The molecule has 3 heterocycles. The standard InChI is InChI=1S/C20H18ClN5OS/c1-13(2)26-16(9-11-23-26)19(27)25(12-14-6-3-4-10-22-14)20-24-18-15(21)7-5-8-17(18)28-20/h3-11,13H,12H2,1-2H3. The van der Waals surface area contributed by atoms with Gasteiger partial charge in [0.25, 0.3) is 5.91 Å². The van der Waals surface area contributed by atoms with Crippen LogP contribution in [0.2, 0.25) is 5.02 Å². The van der Waals surface area contributed by atoms with Crippen LogP contribution in [0.25, 0.3) is 10.2 Å². The minimum atomic E-state index is -0.174. The van der Waals surface area contributed by atoms with Gasteiger partial charge in [0.2, 0.25) is 0 Å². The van der Waals surface area contributed by atoms with E-state index in [0.717, 1.165) is 10.4 Å². The number of para-hydroxylation sites is 1. The minimum Gasteiger partial charge on any atom is -0.277 e. The first kappa shape index (κ1) is 18.6. The van der Waals surface area contributed by atoms with E-state index in [9.17, 15) is 4.79 Å². The van der Waals surface area contributed by atoms with E-state index in [2.05, 4.69) is 15.1 Å². The number of halogens is 1. The number of hydrogen-bond acceptors (Lipinski definition) is 5. The van der Waals surface area contributed by atoms with Crippen molar-refractivity contribution in [3.05, 3.63) is 71.3 Å². The SMILES string of the molecule is CC(C)n1nccc1C(=O)N(Cc1ccccn1)c1nc2c(Cl)cccc2s1. The molecule has 6 nitrogen and oxygen atoms in total. The van der Waals surface area contributed by atoms with Crippen LogP contribution in [0.5, 0.6) is 0 Å². The molecule has 0 saturated heterocycles. The highest BCUT2D eigenvalue weighted by Crippen LogP contribution is 2.34. The van der Waals surface area contributed by atoms with E-state index < -0.39 is 0 Å². The fourth-order valence-electron chi connectivity index (χ4n) is 2.93. The zero-order valence-corrected chi connectivity index (χ0v) is 17.0. The Morgan fingerprint density at radius 3 is 2.75 bits per heavy atom. The Hall–Kier alpha value is -2.77. The van der Waals surface area contributed by atoms with Gasteiger partial charge in [-0.15, -0.1) is 0 Å². The van der Waals surface area contributed by atoms with Gasteiger partial charge in [0.05, 0.1) is 22.0 Å². The number of benzene rings is 1. The number of thiazole rings is 1. The van der Waals surface area contributed by atoms with E-state index in [4.69, 9.17) is 11.6 Å². The average molecular weight is 412 g/mol. The molecule has 0 fully saturated rings. The lowest BCUT2D eigenvalue weighted by atomic mass is 10.3. The van der Waals surface area contributed by atoms with Gasteiger partial charge in [-0.3, -0.25) is 19.4 Å². The molecular formula is C20H18ClN5OS. The molecule has 0 unspecified atom stereocenters. The van der Waals surface area contributed by atoms with Gasteiger partial charge in [0, 0.05) is 18.4 Å². The van der Waals surface area contributed by atoms with Gasteiger partial charge >= 0.3 is 0 Å². The zero-order valence-electron chi connectivity index (χ0n) is 15.4. The molecule has 0 aliphatic heterocycles. The van der Waals surface area contributed by atoms with Gasteiger partial charge < -0.3 is 0 Å². The molecule has 0 radical (unpaired) electrons. The Morgan fingerprint density at radius 1 is 1.18 bits per heavy atom. The monoisotopic (exact) mass is 411 g/mol. The molecule has 8 heteroatoms. The number of rotatable bonds is 5. The Balaban J connectivity index is 1.80. The van der Waals surface area contributed by atoms with E-state index in [1.54, 1.807) is 34.1 Å². The molecule has 0 atom stereocenters. The molecule has 1 amide bonds. The predicted molar refractivity (Wildman–Crippen MR) is 112 cm³/mol. The average Bonchev–Trinajstić information content (AvgIpc) is 3.34. The summed E-state index contributed by atoms with van der Waals surface area (Å²) < 4.78 is 2.65. The summed E-state index contributed by atoms with van der Waals surface area (Å²) in [5.74, 6) is -0.174. The van der Waals surface area contributed by atoms with Crippen LogP contribution in [0, 0.1) is 0 Å². The Bertz CT molecular complexity index is 1120. The van der Waals surface area contributed by atoms with Crippen molar-refractivity contribution in [2.24, 2.45) is 0 Å². The second-order valence-electron chi connectivity index (χ2n) is 6.55. The van der Waals surface area contributed by atoms with E-state index >= 15 is 0 Å². The molecular weight excluding hydrogens is 394 g/mol. The number of hydrogen-bond donors (Lipinski definition) is 0. The summed E-state index contributed by atoms with van der Waals surface area (Å²) in [6.45, 7) is 4.29. The van der Waals surface area contributed by atoms with Gasteiger partial charge in [-0.05, 0) is 44.2 Å². The highest BCUT2D eigenvalue weighted by Gasteiger charge is 2.26. The van der Waals surface area contributed by atoms with Crippen LogP contribution < -0.4 is 4.90 Å². The number of fused-ring (bicyclic) bond motifs is 1. The van der Waals surface area contributed by atoms with E-state index in [1.807, 2.05) is 44.2 Å². The first-order chi connectivity index (χ1) is 13.5. The molecule has 0 bridgehead atoms. The number of aromatic nitrogens is 4. The Kier molecular flexibility index (Phi) is 5.11. The molecule has 142 valence electrons. The minimum absolute atomic E-state index is 0.0652. The van der Waals surface area contributed by atoms with Crippen LogP contribution in [0.15, 0.2) is 54.9 Å². The summed E-state index contributed by atoms with van der Waals surface area (Å²) in [5, 5.41) is 5.44. The summed E-state index contributed by atoms with van der Waals surface area (Å²) in [7, 11) is 0. The van der Waals surface area contributed by atoms with Gasteiger partial charge in [-0.25, -0.2) is 4.98 Å². The number of amides is 1. The fraction of sp³-hybridized carbons (Fsp3) is 0.200. The van der Waals surface area contributed by atoms with Crippen molar-refractivity contribution in [3.8, 4) is 0 Å². The molecule has 4 rings (SSSR count). The second kappa shape index (κ2) is 7.69. The molecule has 0 aliphatic rings. The lowest BCUT2D eigenvalue weighted by Crippen LogP contribution is -2.32. The van der Waals surface area contributed by atoms with Crippen molar-refractivity contribution in [2.45, 2.75) is 26.4 Å². The maximum absolute atomic E-state index is 13.5. The van der Waals surface area contributed by atoms with Crippen LogP contribution >= 0.6 is 22.9 Å². The quantitative estimate of drug-likeness (QED) is 0.465. The lowest BCUT2D eigenvalue weighted by Gasteiger charge is -2.21. The first-order valence-corrected chi connectivity index (χ1v) is 10.0. The summed E-state index contributed by atoms with van der Waals surface area (Å²) in [6.07, 6.45) is 3.35. The van der Waals surface area contributed by atoms with Crippen molar-refractivity contribution >= 4 is 44.2 Å². The normalized spacial score (nSPS) is 11.3. The largest absolute Gasteiger partial charge is 0.278 e. The third-order valence-corrected chi connectivity index (χ3v) is 5.61. The number of nitrogens with zero attached hydrogens (tertiary/aromatic N) is 5. The smallest absolute Gasteiger partial charge is 0.277 e. The molecule has 3 aromatic heterocycles. The molecule has 28 heavy (non-hydrogen) atoms. The van der Waals surface area contributed by atoms with Crippen molar-refractivity contribution in [1.29, 1.82) is 0 Å². The predicted octanol–water partition coefficient (Wildman–Crippen LogP) is 4.97. The van der Waals surface area contributed by atoms with Gasteiger partial charge in [0.1, 0.15) is 11.2 Å². The molecule has 1 aromatic carbocycles. The van der Waals surface area contributed by atoms with Crippen LogP contribution in [-0.4, -0.2) is 25.7 Å². The molecule has 0 spiro atoms. The van der Waals surface area contributed by atoms with Gasteiger partial charge in [-0.1, -0.05) is 35.1 Å². The molecule has 0 aliphatic carbocycles. The number of anilines is 1. The summed E-state index contributed by atoms with van der Waals surface area (Å²) >= 11 is 7.73. The summed E-state index contributed by atoms with van der Waals surface area (Å²) in [4.78, 5) is 24.1. The molecule has 4 aromatic rings. The summed E-state index contributed by atoms with van der Waals surface area (Å²) in [5.41, 5.74) is 1.98. The lowest BCUT2D eigenvalue weighted by molar-refractivity contribution is 0.0972. The molecule has 0 saturated carbocycles. The number of carbonyl (C=O) groups is 1. The van der Waals surface area contributed by atoms with Gasteiger partial charge in [0.15, 0.2) is 5.13 Å². The topological polar surface area (TPSA) is 63.9 Å². The van der Waals surface area contributed by atoms with E-state index in [1.165, 1.54) is 11.3 Å². The van der Waals surface area contributed by atoms with Crippen LogP contribution in [-0.2, 0) is 6.54 Å². The molecule has 0 N–H and O–H groups in total. The Morgan fingerprint density at radius 2 is 2.04 bits per heavy atom. The second-order valence-corrected chi connectivity index (χ2v) is 7.97. The van der Waals surface area contributed by atoms with Crippen molar-refractivity contribution in [2.75, 3.05) is 4.90 Å². The highest BCUT2D eigenvalue weighted by molar-refractivity contribution is 7.22. The van der Waals surface area contributed by atoms with Gasteiger partial charge in [-0.2, -0.15) is 5.10 Å². The Labute approximate surface area is 171 Å². The first-order valence-electron chi connectivity index (χ1n) is 8.85. The van der Waals surface area contributed by atoms with Crippen LogP contribution in [0.3, 0.4) is 0 Å².